The highest BCUT2D eigenvalue weighted by atomic mass is 32.1. The largest absolute Gasteiger partial charge is 0.326 e. The summed E-state index contributed by atoms with van der Waals surface area (Å²) >= 11 is 1.59. The van der Waals surface area contributed by atoms with Gasteiger partial charge in [0.05, 0.1) is 5.92 Å². The third kappa shape index (κ3) is 4.32. The fourth-order valence-electron chi connectivity index (χ4n) is 3.09. The van der Waals surface area contributed by atoms with E-state index in [0.717, 1.165) is 27.4 Å². The van der Waals surface area contributed by atoms with Crippen LogP contribution in [0.3, 0.4) is 0 Å². The number of benzene rings is 2. The number of carbonyl (C=O) groups is 1. The van der Waals surface area contributed by atoms with Crippen LogP contribution in [-0.4, -0.2) is 15.9 Å². The minimum Gasteiger partial charge on any atom is -0.326 e. The van der Waals surface area contributed by atoms with E-state index in [0.29, 0.717) is 6.42 Å². The van der Waals surface area contributed by atoms with Crippen molar-refractivity contribution in [3.63, 3.8) is 0 Å². The van der Waals surface area contributed by atoms with E-state index in [-0.39, 0.29) is 11.8 Å². The minimum absolute atomic E-state index is 0.0305. The van der Waals surface area contributed by atoms with Crippen molar-refractivity contribution in [3.05, 3.63) is 102 Å². The normalized spacial score (nSPS) is 11.7. The number of anilines is 1. The fraction of sp³-hybridized carbons (Fsp3) is 0.0870. The Morgan fingerprint density at radius 3 is 2.46 bits per heavy atom. The van der Waals surface area contributed by atoms with Crippen molar-refractivity contribution in [2.75, 3.05) is 5.32 Å². The van der Waals surface area contributed by atoms with E-state index in [1.54, 1.807) is 23.7 Å². The molecule has 4 nitrogen and oxygen atoms in total. The molecule has 0 fully saturated rings. The molecule has 1 atom stereocenters. The van der Waals surface area contributed by atoms with Gasteiger partial charge in [-0.15, -0.1) is 11.3 Å². The summed E-state index contributed by atoms with van der Waals surface area (Å²) in [6.07, 6.45) is 5.94. The van der Waals surface area contributed by atoms with E-state index < -0.39 is 0 Å². The summed E-state index contributed by atoms with van der Waals surface area (Å²) in [6, 6.07) is 21.6. The van der Waals surface area contributed by atoms with Gasteiger partial charge in [0, 0.05) is 35.2 Å². The molecular weight excluding hydrogens is 366 g/mol. The Morgan fingerprint density at radius 2 is 1.79 bits per heavy atom. The molecule has 2 aromatic carbocycles. The van der Waals surface area contributed by atoms with E-state index in [2.05, 4.69) is 15.3 Å². The van der Waals surface area contributed by atoms with Gasteiger partial charge in [0.2, 0.25) is 5.91 Å². The van der Waals surface area contributed by atoms with Crippen LogP contribution in [0, 0.1) is 0 Å². The zero-order valence-corrected chi connectivity index (χ0v) is 16.0. The molecule has 0 saturated carbocycles. The predicted octanol–water partition coefficient (Wildman–Crippen LogP) is 5.17. The number of amides is 1. The summed E-state index contributed by atoms with van der Waals surface area (Å²) < 4.78 is 0. The number of rotatable bonds is 6. The highest BCUT2D eigenvalue weighted by molar-refractivity contribution is 7.13. The van der Waals surface area contributed by atoms with Crippen LogP contribution in [-0.2, 0) is 11.2 Å². The molecule has 0 aliphatic carbocycles. The van der Waals surface area contributed by atoms with Gasteiger partial charge in [0.1, 0.15) is 5.01 Å². The SMILES string of the molecule is O=C(Nc1ccc(-c2nccs2)cc1)C(Cc1cccnc1)c1ccccc1. The molecule has 2 heterocycles. The van der Waals surface area contributed by atoms with Gasteiger partial charge in [-0.05, 0) is 47.9 Å². The Labute approximate surface area is 167 Å². The van der Waals surface area contributed by atoms with E-state index in [1.165, 1.54) is 0 Å². The Morgan fingerprint density at radius 1 is 0.964 bits per heavy atom. The highest BCUT2D eigenvalue weighted by Gasteiger charge is 2.21. The molecule has 0 bridgehead atoms. The van der Waals surface area contributed by atoms with Crippen LogP contribution in [0.25, 0.3) is 10.6 Å². The first-order chi connectivity index (χ1) is 13.8. The summed E-state index contributed by atoms with van der Waals surface area (Å²) in [4.78, 5) is 21.6. The van der Waals surface area contributed by atoms with Gasteiger partial charge in [-0.25, -0.2) is 4.98 Å². The van der Waals surface area contributed by atoms with Crippen molar-refractivity contribution in [3.8, 4) is 10.6 Å². The lowest BCUT2D eigenvalue weighted by Gasteiger charge is -2.17. The molecule has 4 aromatic rings. The number of thiazole rings is 1. The van der Waals surface area contributed by atoms with Gasteiger partial charge in [-0.3, -0.25) is 9.78 Å². The average molecular weight is 385 g/mol. The molecule has 138 valence electrons. The molecule has 2 aromatic heterocycles. The monoisotopic (exact) mass is 385 g/mol. The maximum absolute atomic E-state index is 13.1. The molecular formula is C23H19N3OS. The number of aromatic nitrogens is 2. The molecule has 0 saturated heterocycles. The number of carbonyl (C=O) groups excluding carboxylic acids is 1. The van der Waals surface area contributed by atoms with Gasteiger partial charge >= 0.3 is 0 Å². The maximum Gasteiger partial charge on any atom is 0.232 e. The van der Waals surface area contributed by atoms with Crippen LogP contribution in [0.2, 0.25) is 0 Å². The van der Waals surface area contributed by atoms with Crippen LogP contribution >= 0.6 is 11.3 Å². The topological polar surface area (TPSA) is 54.9 Å². The van der Waals surface area contributed by atoms with E-state index in [1.807, 2.05) is 78.3 Å². The molecule has 0 radical (unpaired) electrons. The van der Waals surface area contributed by atoms with Gasteiger partial charge < -0.3 is 5.32 Å². The van der Waals surface area contributed by atoms with Crippen molar-refractivity contribution in [2.45, 2.75) is 12.3 Å². The van der Waals surface area contributed by atoms with Crippen molar-refractivity contribution in [1.29, 1.82) is 0 Å². The maximum atomic E-state index is 13.1. The van der Waals surface area contributed by atoms with Crippen molar-refractivity contribution >= 4 is 22.9 Å². The summed E-state index contributed by atoms with van der Waals surface area (Å²) in [6.45, 7) is 0. The zero-order valence-electron chi connectivity index (χ0n) is 15.2. The second-order valence-corrected chi connectivity index (χ2v) is 7.33. The van der Waals surface area contributed by atoms with E-state index >= 15 is 0 Å². The van der Waals surface area contributed by atoms with Gasteiger partial charge in [-0.1, -0.05) is 36.4 Å². The number of nitrogens with one attached hydrogen (secondary N) is 1. The number of nitrogens with zero attached hydrogens (tertiary/aromatic N) is 2. The zero-order chi connectivity index (χ0) is 19.2. The molecule has 1 unspecified atom stereocenters. The number of hydrogen-bond donors (Lipinski definition) is 1. The summed E-state index contributed by atoms with van der Waals surface area (Å²) in [7, 11) is 0. The van der Waals surface area contributed by atoms with Crippen LogP contribution in [0.4, 0.5) is 5.69 Å². The minimum atomic E-state index is -0.288. The quantitative estimate of drug-likeness (QED) is 0.498. The Bertz CT molecular complexity index is 1020. The first-order valence-electron chi connectivity index (χ1n) is 9.04. The fourth-order valence-corrected chi connectivity index (χ4v) is 3.74. The molecule has 0 spiro atoms. The lowest BCUT2D eigenvalue weighted by Crippen LogP contribution is -2.23. The average Bonchev–Trinajstić information content (AvgIpc) is 3.29. The van der Waals surface area contributed by atoms with Gasteiger partial charge in [-0.2, -0.15) is 0 Å². The molecule has 4 rings (SSSR count). The standard InChI is InChI=1S/C23H19N3OS/c27-22(26-20-10-8-19(9-11-20)23-25-13-14-28-23)21(18-6-2-1-3-7-18)15-17-5-4-12-24-16-17/h1-14,16,21H,15H2,(H,26,27). The molecule has 5 heteroatoms. The van der Waals surface area contributed by atoms with Crippen molar-refractivity contribution < 1.29 is 4.79 Å². The molecule has 28 heavy (non-hydrogen) atoms. The molecule has 0 aliphatic heterocycles. The first-order valence-corrected chi connectivity index (χ1v) is 9.92. The molecule has 1 N–H and O–H groups in total. The van der Waals surface area contributed by atoms with Gasteiger partial charge in [0.15, 0.2) is 0 Å². The van der Waals surface area contributed by atoms with E-state index in [9.17, 15) is 4.79 Å². The lowest BCUT2D eigenvalue weighted by molar-refractivity contribution is -0.117. The second-order valence-electron chi connectivity index (χ2n) is 6.43. The van der Waals surface area contributed by atoms with E-state index in [4.69, 9.17) is 0 Å². The number of hydrogen-bond acceptors (Lipinski definition) is 4. The summed E-state index contributed by atoms with van der Waals surface area (Å²) in [5, 5.41) is 5.98. The summed E-state index contributed by atoms with van der Waals surface area (Å²) in [5.41, 5.74) is 3.84. The number of pyridine rings is 1. The first kappa shape index (κ1) is 18.1. The van der Waals surface area contributed by atoms with Crippen molar-refractivity contribution in [2.24, 2.45) is 0 Å². The third-order valence-electron chi connectivity index (χ3n) is 4.51. The molecule has 0 aliphatic rings. The van der Waals surface area contributed by atoms with Crippen LogP contribution in [0.5, 0.6) is 0 Å². The second kappa shape index (κ2) is 8.59. The smallest absolute Gasteiger partial charge is 0.232 e. The summed E-state index contributed by atoms with van der Waals surface area (Å²) in [5.74, 6) is -0.318. The molecule has 1 amide bonds. The Hall–Kier alpha value is -3.31. The van der Waals surface area contributed by atoms with Crippen LogP contribution < -0.4 is 5.32 Å². The lowest BCUT2D eigenvalue weighted by atomic mass is 9.91. The third-order valence-corrected chi connectivity index (χ3v) is 5.33. The van der Waals surface area contributed by atoms with Crippen molar-refractivity contribution in [1.82, 2.24) is 9.97 Å². The predicted molar refractivity (Wildman–Crippen MR) is 113 cm³/mol. The Balaban J connectivity index is 1.53. The highest BCUT2D eigenvalue weighted by Crippen LogP contribution is 2.25. The van der Waals surface area contributed by atoms with Gasteiger partial charge in [0.25, 0.3) is 0 Å². The Kier molecular flexibility index (Phi) is 5.54. The van der Waals surface area contributed by atoms with Crippen LogP contribution in [0.1, 0.15) is 17.0 Å². The van der Waals surface area contributed by atoms with Crippen LogP contribution in [0.15, 0.2) is 90.7 Å².